The number of fused-ring (bicyclic) bond motifs is 1. The maximum absolute atomic E-state index is 13.2. The topological polar surface area (TPSA) is 64.1 Å². The number of benzene rings is 1. The first kappa shape index (κ1) is 19.7. The lowest BCUT2D eigenvalue weighted by Gasteiger charge is -2.27. The molecule has 0 unspecified atom stereocenters. The summed E-state index contributed by atoms with van der Waals surface area (Å²) in [5.41, 5.74) is 4.01. The number of nitrogens with zero attached hydrogens (tertiary/aromatic N) is 2. The van der Waals surface area contributed by atoms with E-state index in [1.807, 2.05) is 25.1 Å². The molecular weight excluding hydrogens is 393 g/mol. The summed E-state index contributed by atoms with van der Waals surface area (Å²) in [5.74, 6) is 0.204. The van der Waals surface area contributed by atoms with E-state index >= 15 is 0 Å². The summed E-state index contributed by atoms with van der Waals surface area (Å²) < 4.78 is 19.4. The van der Waals surface area contributed by atoms with Crippen molar-refractivity contribution in [1.29, 1.82) is 0 Å². The van der Waals surface area contributed by atoms with Gasteiger partial charge in [-0.3, -0.25) is 14.8 Å². The second-order valence-electron chi connectivity index (χ2n) is 8.41. The van der Waals surface area contributed by atoms with Gasteiger partial charge in [-0.1, -0.05) is 6.07 Å². The SMILES string of the molecule is Cc1ccc(O[C@H]2CCCc3nc(C4(NC(=O)c5ccc(F)cc5)CC4)ccc32)cn1. The molecule has 2 aliphatic carbocycles. The normalized spacial score (nSPS) is 18.7. The van der Waals surface area contributed by atoms with E-state index in [1.54, 1.807) is 6.20 Å². The Labute approximate surface area is 180 Å². The van der Waals surface area contributed by atoms with Crippen LogP contribution in [0.1, 0.15) is 64.8 Å². The Kier molecular flexibility index (Phi) is 4.93. The van der Waals surface area contributed by atoms with E-state index in [9.17, 15) is 9.18 Å². The standard InChI is InChI=1S/C25H24FN3O2/c1-16-5-10-19(15-27-16)31-22-4-2-3-21-20(22)11-12-23(28-21)25(13-14-25)29-24(30)17-6-8-18(26)9-7-17/h5-12,15,22H,2-4,13-14H2,1H3,(H,29,30)/t22-/m0/s1. The zero-order valence-electron chi connectivity index (χ0n) is 17.4. The van der Waals surface area contributed by atoms with Crippen LogP contribution in [0.5, 0.6) is 5.75 Å². The van der Waals surface area contributed by atoms with Gasteiger partial charge in [0.1, 0.15) is 17.7 Å². The van der Waals surface area contributed by atoms with Crippen molar-refractivity contribution < 1.29 is 13.9 Å². The molecule has 1 saturated carbocycles. The van der Waals surface area contributed by atoms with Crippen LogP contribution in [0.4, 0.5) is 4.39 Å². The van der Waals surface area contributed by atoms with E-state index in [0.717, 1.165) is 60.5 Å². The summed E-state index contributed by atoms with van der Waals surface area (Å²) >= 11 is 0. The van der Waals surface area contributed by atoms with Crippen LogP contribution < -0.4 is 10.1 Å². The average molecular weight is 417 g/mol. The molecule has 2 aliphatic rings. The van der Waals surface area contributed by atoms with Crippen LogP contribution in [0, 0.1) is 12.7 Å². The molecule has 2 aromatic heterocycles. The number of carbonyl (C=O) groups is 1. The van der Waals surface area contributed by atoms with Gasteiger partial charge in [0, 0.05) is 22.5 Å². The highest BCUT2D eigenvalue weighted by Gasteiger charge is 2.47. The first-order valence-electron chi connectivity index (χ1n) is 10.7. The van der Waals surface area contributed by atoms with Gasteiger partial charge < -0.3 is 10.1 Å². The highest BCUT2D eigenvalue weighted by Crippen LogP contribution is 2.46. The number of amides is 1. The van der Waals surface area contributed by atoms with Crippen LogP contribution in [0.2, 0.25) is 0 Å². The van der Waals surface area contributed by atoms with Crippen LogP contribution in [0.15, 0.2) is 54.7 Å². The third kappa shape index (κ3) is 4.02. The van der Waals surface area contributed by atoms with E-state index < -0.39 is 5.54 Å². The number of rotatable bonds is 5. The number of hydrogen-bond donors (Lipinski definition) is 1. The number of pyridine rings is 2. The van der Waals surface area contributed by atoms with Crippen molar-refractivity contribution >= 4 is 5.91 Å². The third-order valence-corrected chi connectivity index (χ3v) is 6.10. The number of aromatic nitrogens is 2. The summed E-state index contributed by atoms with van der Waals surface area (Å²) in [5, 5.41) is 3.12. The van der Waals surface area contributed by atoms with E-state index in [0.29, 0.717) is 5.56 Å². The summed E-state index contributed by atoms with van der Waals surface area (Å²) in [4.78, 5) is 21.9. The quantitative estimate of drug-likeness (QED) is 0.648. The minimum atomic E-state index is -0.435. The molecule has 31 heavy (non-hydrogen) atoms. The summed E-state index contributed by atoms with van der Waals surface area (Å²) in [7, 11) is 0. The summed E-state index contributed by atoms with van der Waals surface area (Å²) in [6.45, 7) is 1.95. The molecule has 5 nitrogen and oxygen atoms in total. The molecule has 3 aromatic rings. The number of carbonyl (C=O) groups excluding carboxylic acids is 1. The molecule has 1 amide bonds. The fourth-order valence-corrected chi connectivity index (χ4v) is 4.15. The van der Waals surface area contributed by atoms with E-state index in [4.69, 9.17) is 9.72 Å². The first-order valence-corrected chi connectivity index (χ1v) is 10.7. The van der Waals surface area contributed by atoms with Gasteiger partial charge in [-0.05, 0) is 81.5 Å². The molecule has 5 rings (SSSR count). The maximum atomic E-state index is 13.2. The average Bonchev–Trinajstić information content (AvgIpc) is 3.56. The highest BCUT2D eigenvalue weighted by atomic mass is 19.1. The van der Waals surface area contributed by atoms with Crippen molar-refractivity contribution in [3.8, 4) is 5.75 Å². The Morgan fingerprint density at radius 3 is 2.65 bits per heavy atom. The highest BCUT2D eigenvalue weighted by molar-refractivity contribution is 5.95. The minimum Gasteiger partial charge on any atom is -0.484 e. The third-order valence-electron chi connectivity index (χ3n) is 6.10. The van der Waals surface area contributed by atoms with Crippen LogP contribution in [-0.4, -0.2) is 15.9 Å². The molecule has 0 saturated heterocycles. The van der Waals surface area contributed by atoms with Gasteiger partial charge in [0.2, 0.25) is 0 Å². The van der Waals surface area contributed by atoms with Gasteiger partial charge in [0.25, 0.3) is 5.91 Å². The smallest absolute Gasteiger partial charge is 0.252 e. The molecule has 1 atom stereocenters. The number of hydrogen-bond acceptors (Lipinski definition) is 4. The second kappa shape index (κ2) is 7.76. The van der Waals surface area contributed by atoms with Gasteiger partial charge in [-0.25, -0.2) is 4.39 Å². The zero-order chi connectivity index (χ0) is 21.4. The second-order valence-corrected chi connectivity index (χ2v) is 8.41. The zero-order valence-corrected chi connectivity index (χ0v) is 17.4. The number of aryl methyl sites for hydroxylation is 2. The molecule has 0 bridgehead atoms. The maximum Gasteiger partial charge on any atom is 0.252 e. The van der Waals surface area contributed by atoms with Crippen molar-refractivity contribution in [2.24, 2.45) is 0 Å². The van der Waals surface area contributed by atoms with Gasteiger partial charge in [-0.15, -0.1) is 0 Å². The number of nitrogens with one attached hydrogen (secondary N) is 1. The van der Waals surface area contributed by atoms with Gasteiger partial charge in [0.05, 0.1) is 17.4 Å². The van der Waals surface area contributed by atoms with Crippen LogP contribution in [-0.2, 0) is 12.0 Å². The van der Waals surface area contributed by atoms with E-state index in [1.165, 1.54) is 24.3 Å². The molecule has 2 heterocycles. The molecule has 0 radical (unpaired) electrons. The summed E-state index contributed by atoms with van der Waals surface area (Å²) in [6, 6.07) is 13.6. The molecule has 1 fully saturated rings. The fourth-order valence-electron chi connectivity index (χ4n) is 4.15. The number of halogens is 1. The first-order chi connectivity index (χ1) is 15.0. The largest absolute Gasteiger partial charge is 0.484 e. The van der Waals surface area contributed by atoms with Gasteiger partial charge >= 0.3 is 0 Å². The molecular formula is C25H24FN3O2. The lowest BCUT2D eigenvalue weighted by atomic mass is 9.92. The Bertz CT molecular complexity index is 1110. The van der Waals surface area contributed by atoms with Crippen molar-refractivity contribution in [1.82, 2.24) is 15.3 Å². The molecule has 158 valence electrons. The van der Waals surface area contributed by atoms with E-state index in [2.05, 4.69) is 16.4 Å². The number of ether oxygens (including phenoxy) is 1. The Balaban J connectivity index is 1.35. The van der Waals surface area contributed by atoms with Gasteiger partial charge in [0.15, 0.2) is 0 Å². The molecule has 0 aliphatic heterocycles. The molecule has 0 spiro atoms. The molecule has 6 heteroatoms. The predicted octanol–water partition coefficient (Wildman–Crippen LogP) is 4.80. The fraction of sp³-hybridized carbons (Fsp3) is 0.320. The van der Waals surface area contributed by atoms with Crippen molar-refractivity contribution in [3.05, 3.63) is 88.8 Å². The monoisotopic (exact) mass is 417 g/mol. The predicted molar refractivity (Wildman–Crippen MR) is 114 cm³/mol. The molecule has 1 N–H and O–H groups in total. The summed E-state index contributed by atoms with van der Waals surface area (Å²) in [6.07, 6.45) is 6.25. The van der Waals surface area contributed by atoms with Crippen molar-refractivity contribution in [3.63, 3.8) is 0 Å². The minimum absolute atomic E-state index is 0.0428. The Morgan fingerprint density at radius 2 is 1.94 bits per heavy atom. The van der Waals surface area contributed by atoms with Crippen LogP contribution in [0.25, 0.3) is 0 Å². The van der Waals surface area contributed by atoms with E-state index in [-0.39, 0.29) is 17.8 Å². The van der Waals surface area contributed by atoms with Crippen molar-refractivity contribution in [2.45, 2.75) is 50.7 Å². The Hall–Kier alpha value is -3.28. The Morgan fingerprint density at radius 1 is 1.13 bits per heavy atom. The van der Waals surface area contributed by atoms with Crippen molar-refractivity contribution in [2.75, 3.05) is 0 Å². The molecule has 1 aromatic carbocycles. The lowest BCUT2D eigenvalue weighted by Crippen LogP contribution is -2.36. The van der Waals surface area contributed by atoms with Gasteiger partial charge in [-0.2, -0.15) is 0 Å². The van der Waals surface area contributed by atoms with Crippen LogP contribution in [0.3, 0.4) is 0 Å². The lowest BCUT2D eigenvalue weighted by molar-refractivity contribution is 0.0929. The van der Waals surface area contributed by atoms with Crippen LogP contribution >= 0.6 is 0 Å².